The normalized spacial score (nSPS) is 12.2. The number of allylic oxidation sites excluding steroid dienone is 1. The van der Waals surface area contributed by atoms with Crippen LogP contribution in [0.15, 0.2) is 11.3 Å². The van der Waals surface area contributed by atoms with Crippen molar-refractivity contribution in [1.82, 2.24) is 0 Å². The molecule has 0 rings (SSSR count). The van der Waals surface area contributed by atoms with Gasteiger partial charge in [-0.25, -0.2) is 0 Å². The number of rotatable bonds is 2. The molecule has 4 heteroatoms. The van der Waals surface area contributed by atoms with E-state index in [1.54, 1.807) is 0 Å². The summed E-state index contributed by atoms with van der Waals surface area (Å²) in [4.78, 5) is 21.0. The average Bonchev–Trinajstić information content (AvgIpc) is 1.59. The van der Waals surface area contributed by atoms with Gasteiger partial charge in [-0.3, -0.25) is 9.59 Å². The van der Waals surface area contributed by atoms with E-state index >= 15 is 0 Å². The topological polar surface area (TPSA) is 86.2 Å². The molecule has 0 aliphatic carbocycles. The molecule has 0 aromatic heterocycles. The standard InChI is InChI=1S/C6H10N2O2/c1-3(7)5(4(2)9)6(8)10/h7H2,1-2H3,(H2,8,10)/b5-3-. The van der Waals surface area contributed by atoms with Crippen LogP contribution in [0.5, 0.6) is 0 Å². The summed E-state index contributed by atoms with van der Waals surface area (Å²) < 4.78 is 0. The van der Waals surface area contributed by atoms with Gasteiger partial charge in [0, 0.05) is 5.70 Å². The minimum absolute atomic E-state index is 0.111. The van der Waals surface area contributed by atoms with Crippen LogP contribution in [0.3, 0.4) is 0 Å². The first kappa shape index (κ1) is 8.68. The Morgan fingerprint density at radius 2 is 1.50 bits per heavy atom. The number of carbonyl (C=O) groups is 2. The van der Waals surface area contributed by atoms with Crippen LogP contribution in [0.2, 0.25) is 0 Å². The van der Waals surface area contributed by atoms with Crippen LogP contribution in [0.1, 0.15) is 13.8 Å². The van der Waals surface area contributed by atoms with E-state index in [0.717, 1.165) is 0 Å². The fraction of sp³-hybridized carbons (Fsp3) is 0.333. The zero-order valence-corrected chi connectivity index (χ0v) is 5.97. The lowest BCUT2D eigenvalue weighted by Gasteiger charge is -1.98. The minimum Gasteiger partial charge on any atom is -0.402 e. The highest BCUT2D eigenvalue weighted by atomic mass is 16.2. The largest absolute Gasteiger partial charge is 0.402 e. The molecule has 0 atom stereocenters. The third-order valence-corrected chi connectivity index (χ3v) is 0.993. The van der Waals surface area contributed by atoms with Gasteiger partial charge in [0.05, 0.1) is 0 Å². The number of Topliss-reactive ketones (excluding diaryl/α,β-unsaturated/α-hetero) is 1. The van der Waals surface area contributed by atoms with Crippen molar-refractivity contribution in [3.05, 3.63) is 11.3 Å². The Morgan fingerprint density at radius 1 is 1.10 bits per heavy atom. The predicted molar refractivity (Wildman–Crippen MR) is 36.8 cm³/mol. The van der Waals surface area contributed by atoms with E-state index in [4.69, 9.17) is 11.5 Å². The van der Waals surface area contributed by atoms with Gasteiger partial charge in [0.1, 0.15) is 5.57 Å². The van der Waals surface area contributed by atoms with Crippen molar-refractivity contribution in [1.29, 1.82) is 0 Å². The molecule has 4 N–H and O–H groups in total. The second kappa shape index (κ2) is 3.00. The van der Waals surface area contributed by atoms with E-state index in [2.05, 4.69) is 0 Å². The first-order valence-electron chi connectivity index (χ1n) is 2.74. The Kier molecular flexibility index (Phi) is 2.61. The lowest BCUT2D eigenvalue weighted by atomic mass is 10.1. The van der Waals surface area contributed by atoms with Crippen molar-refractivity contribution in [3.63, 3.8) is 0 Å². The first-order chi connectivity index (χ1) is 4.46. The van der Waals surface area contributed by atoms with Crippen molar-refractivity contribution in [2.45, 2.75) is 13.8 Å². The van der Waals surface area contributed by atoms with Gasteiger partial charge in [-0.1, -0.05) is 0 Å². The molecule has 0 bridgehead atoms. The summed E-state index contributed by atoms with van der Waals surface area (Å²) in [5, 5.41) is 0. The third kappa shape index (κ3) is 1.89. The molecule has 0 aliphatic rings. The Morgan fingerprint density at radius 3 is 1.50 bits per heavy atom. The zero-order chi connectivity index (χ0) is 8.31. The SMILES string of the molecule is CC(=O)/C(C(N)=O)=C(\C)N. The van der Waals surface area contributed by atoms with Crippen molar-refractivity contribution in [2.75, 3.05) is 0 Å². The van der Waals surface area contributed by atoms with E-state index < -0.39 is 11.7 Å². The smallest absolute Gasteiger partial charge is 0.254 e. The molecule has 0 radical (unpaired) electrons. The molecule has 0 aromatic rings. The zero-order valence-electron chi connectivity index (χ0n) is 5.97. The molecule has 1 amide bonds. The monoisotopic (exact) mass is 142 g/mol. The fourth-order valence-corrected chi connectivity index (χ4v) is 0.645. The summed E-state index contributed by atoms with van der Waals surface area (Å²) in [6.45, 7) is 2.71. The minimum atomic E-state index is -0.771. The van der Waals surface area contributed by atoms with E-state index in [-0.39, 0.29) is 11.3 Å². The van der Waals surface area contributed by atoms with Gasteiger partial charge in [-0.15, -0.1) is 0 Å². The number of ketones is 1. The molecule has 0 aromatic carbocycles. The molecule has 0 aliphatic heterocycles. The number of primary amides is 1. The second-order valence-electron chi connectivity index (χ2n) is 1.98. The van der Waals surface area contributed by atoms with Gasteiger partial charge in [0.15, 0.2) is 5.78 Å². The number of nitrogens with two attached hydrogens (primary N) is 2. The highest BCUT2D eigenvalue weighted by molar-refractivity contribution is 6.18. The van der Waals surface area contributed by atoms with Gasteiger partial charge >= 0.3 is 0 Å². The molecule has 0 unspecified atom stereocenters. The molecule has 0 heterocycles. The summed E-state index contributed by atoms with van der Waals surface area (Å²) in [6, 6.07) is 0. The summed E-state index contributed by atoms with van der Waals surface area (Å²) in [6.07, 6.45) is 0. The highest BCUT2D eigenvalue weighted by Crippen LogP contribution is 1.97. The fourth-order valence-electron chi connectivity index (χ4n) is 0.645. The molecule has 0 fully saturated rings. The molecular formula is C6H10N2O2. The maximum absolute atomic E-state index is 10.6. The van der Waals surface area contributed by atoms with Crippen molar-refractivity contribution in [2.24, 2.45) is 11.5 Å². The predicted octanol–water partition coefficient (Wildman–Crippen LogP) is -0.707. The average molecular weight is 142 g/mol. The number of amides is 1. The summed E-state index contributed by atoms with van der Waals surface area (Å²) in [7, 11) is 0. The maximum atomic E-state index is 10.6. The molecule has 0 saturated heterocycles. The summed E-state index contributed by atoms with van der Waals surface area (Å²) >= 11 is 0. The Bertz CT molecular complexity index is 186. The van der Waals surface area contributed by atoms with E-state index in [0.29, 0.717) is 0 Å². The Balaban J connectivity index is 4.79. The van der Waals surface area contributed by atoms with Crippen molar-refractivity contribution in [3.8, 4) is 0 Å². The van der Waals surface area contributed by atoms with Crippen LogP contribution in [0.4, 0.5) is 0 Å². The lowest BCUT2D eigenvalue weighted by molar-refractivity contribution is -0.119. The Hall–Kier alpha value is -1.32. The molecule has 0 saturated carbocycles. The number of hydrogen-bond acceptors (Lipinski definition) is 3. The van der Waals surface area contributed by atoms with Gasteiger partial charge in [-0.05, 0) is 13.8 Å². The van der Waals surface area contributed by atoms with Gasteiger partial charge < -0.3 is 11.5 Å². The molecule has 56 valence electrons. The van der Waals surface area contributed by atoms with E-state index in [1.165, 1.54) is 13.8 Å². The van der Waals surface area contributed by atoms with Crippen molar-refractivity contribution >= 4 is 11.7 Å². The van der Waals surface area contributed by atoms with Crippen LogP contribution in [0, 0.1) is 0 Å². The number of hydrogen-bond donors (Lipinski definition) is 2. The first-order valence-corrected chi connectivity index (χ1v) is 2.74. The van der Waals surface area contributed by atoms with Gasteiger partial charge in [0.2, 0.25) is 0 Å². The molecule has 0 spiro atoms. The van der Waals surface area contributed by atoms with Crippen LogP contribution in [-0.2, 0) is 9.59 Å². The molecule has 4 nitrogen and oxygen atoms in total. The van der Waals surface area contributed by atoms with Crippen LogP contribution < -0.4 is 11.5 Å². The quantitative estimate of drug-likeness (QED) is 0.303. The maximum Gasteiger partial charge on any atom is 0.254 e. The van der Waals surface area contributed by atoms with E-state index in [1.807, 2.05) is 0 Å². The molecule has 10 heavy (non-hydrogen) atoms. The van der Waals surface area contributed by atoms with E-state index in [9.17, 15) is 9.59 Å². The van der Waals surface area contributed by atoms with Crippen molar-refractivity contribution < 1.29 is 9.59 Å². The molecular weight excluding hydrogens is 132 g/mol. The van der Waals surface area contributed by atoms with Crippen LogP contribution in [-0.4, -0.2) is 11.7 Å². The van der Waals surface area contributed by atoms with Crippen LogP contribution in [0.25, 0.3) is 0 Å². The number of carbonyl (C=O) groups excluding carboxylic acids is 2. The Labute approximate surface area is 58.9 Å². The van der Waals surface area contributed by atoms with Gasteiger partial charge in [-0.2, -0.15) is 0 Å². The second-order valence-corrected chi connectivity index (χ2v) is 1.98. The summed E-state index contributed by atoms with van der Waals surface area (Å²) in [5.74, 6) is -1.17. The summed E-state index contributed by atoms with van der Waals surface area (Å²) in [5.41, 5.74) is 10.1. The highest BCUT2D eigenvalue weighted by Gasteiger charge is 2.11. The third-order valence-electron chi connectivity index (χ3n) is 0.993. The van der Waals surface area contributed by atoms with Gasteiger partial charge in [0.25, 0.3) is 5.91 Å². The van der Waals surface area contributed by atoms with Crippen LogP contribution >= 0.6 is 0 Å². The lowest BCUT2D eigenvalue weighted by Crippen LogP contribution is -2.22.